The lowest BCUT2D eigenvalue weighted by Crippen LogP contribution is -2.40. The zero-order valence-electron chi connectivity index (χ0n) is 24.9. The van der Waals surface area contributed by atoms with Crippen molar-refractivity contribution < 1.29 is 27.1 Å². The Labute approximate surface area is 267 Å². The first-order chi connectivity index (χ1) is 22.3. The maximum Gasteiger partial charge on any atom is 0.321 e. The van der Waals surface area contributed by atoms with Crippen LogP contribution in [0.2, 0.25) is 0 Å². The molecular formula is C38H32FNO5S. The van der Waals surface area contributed by atoms with Crippen LogP contribution in [0, 0.1) is 5.82 Å². The molecule has 0 saturated carbocycles. The molecule has 232 valence electrons. The third-order valence-corrected chi connectivity index (χ3v) is 9.74. The van der Waals surface area contributed by atoms with Crippen molar-refractivity contribution in [3.05, 3.63) is 150 Å². The highest BCUT2D eigenvalue weighted by atomic mass is 32.2. The van der Waals surface area contributed by atoms with Crippen LogP contribution < -0.4 is 5.32 Å². The topological polar surface area (TPSA) is 96.6 Å². The SMILES string of the molecule is O=C(O)[C@H](Cc1ccc(F)cc1)NCCS(=O)(=O)c1ccc(-c2ccc(-c3c(Cc4ccccc4)oc4ccccc34)cc2)cc1. The van der Waals surface area contributed by atoms with Crippen molar-refractivity contribution in [3.8, 4) is 22.3 Å². The second-order valence-electron chi connectivity index (χ2n) is 11.2. The average Bonchev–Trinajstić information content (AvgIpc) is 3.43. The number of hydrogen-bond acceptors (Lipinski definition) is 5. The number of hydrogen-bond donors (Lipinski definition) is 2. The summed E-state index contributed by atoms with van der Waals surface area (Å²) in [5.41, 5.74) is 6.54. The number of carboxylic acid groups (broad SMARTS) is 1. The Hall–Kier alpha value is -5.05. The molecule has 2 N–H and O–H groups in total. The van der Waals surface area contributed by atoms with Crippen LogP contribution in [0.15, 0.2) is 137 Å². The van der Waals surface area contributed by atoms with Crippen LogP contribution in [0.25, 0.3) is 33.2 Å². The fourth-order valence-corrected chi connectivity index (χ4v) is 6.76. The fourth-order valence-electron chi connectivity index (χ4n) is 5.59. The third kappa shape index (κ3) is 7.09. The summed E-state index contributed by atoms with van der Waals surface area (Å²) in [5.74, 6) is -0.883. The van der Waals surface area contributed by atoms with Gasteiger partial charge < -0.3 is 14.8 Å². The number of carbonyl (C=O) groups is 1. The van der Waals surface area contributed by atoms with Gasteiger partial charge in [0.2, 0.25) is 0 Å². The van der Waals surface area contributed by atoms with Crippen LogP contribution in [0.1, 0.15) is 16.9 Å². The van der Waals surface area contributed by atoms with Crippen molar-refractivity contribution in [1.29, 1.82) is 0 Å². The number of aliphatic carboxylic acids is 1. The lowest BCUT2D eigenvalue weighted by Gasteiger charge is -2.15. The molecule has 0 spiro atoms. The van der Waals surface area contributed by atoms with Crippen molar-refractivity contribution in [1.82, 2.24) is 5.32 Å². The molecule has 8 heteroatoms. The summed E-state index contributed by atoms with van der Waals surface area (Å²) in [5, 5.41) is 13.4. The normalized spacial score (nSPS) is 12.3. The van der Waals surface area contributed by atoms with E-state index in [1.54, 1.807) is 24.3 Å². The lowest BCUT2D eigenvalue weighted by atomic mass is 9.96. The molecule has 0 bridgehead atoms. The van der Waals surface area contributed by atoms with Gasteiger partial charge in [-0.25, -0.2) is 12.8 Å². The van der Waals surface area contributed by atoms with E-state index in [-0.39, 0.29) is 23.6 Å². The summed E-state index contributed by atoms with van der Waals surface area (Å²) in [6, 6.07) is 37.6. The molecule has 0 unspecified atom stereocenters. The molecule has 0 aliphatic carbocycles. The molecule has 0 fully saturated rings. The molecule has 6 rings (SSSR count). The number of rotatable bonds is 12. The van der Waals surface area contributed by atoms with Gasteiger partial charge in [-0.15, -0.1) is 0 Å². The maximum absolute atomic E-state index is 13.2. The molecule has 5 aromatic carbocycles. The minimum atomic E-state index is -3.66. The highest BCUT2D eigenvalue weighted by Gasteiger charge is 2.21. The van der Waals surface area contributed by atoms with Gasteiger partial charge in [-0.05, 0) is 64.6 Å². The van der Waals surface area contributed by atoms with Crippen molar-refractivity contribution in [2.75, 3.05) is 12.3 Å². The number of carboxylic acids is 1. The minimum Gasteiger partial charge on any atom is -0.480 e. The Bertz CT molecular complexity index is 2060. The van der Waals surface area contributed by atoms with Crippen LogP contribution in [0.4, 0.5) is 4.39 Å². The molecule has 6 nitrogen and oxygen atoms in total. The van der Waals surface area contributed by atoms with E-state index >= 15 is 0 Å². The van der Waals surface area contributed by atoms with Crippen molar-refractivity contribution in [2.24, 2.45) is 0 Å². The lowest BCUT2D eigenvalue weighted by molar-refractivity contribution is -0.139. The number of halogens is 1. The van der Waals surface area contributed by atoms with Gasteiger partial charge in [-0.1, -0.05) is 97.1 Å². The average molecular weight is 634 g/mol. The zero-order valence-corrected chi connectivity index (χ0v) is 25.7. The molecule has 0 saturated heterocycles. The Morgan fingerprint density at radius 3 is 2.02 bits per heavy atom. The largest absolute Gasteiger partial charge is 0.480 e. The Kier molecular flexibility index (Phi) is 9.10. The molecule has 1 heterocycles. The van der Waals surface area contributed by atoms with E-state index in [1.165, 1.54) is 24.3 Å². The van der Waals surface area contributed by atoms with Gasteiger partial charge in [-0.2, -0.15) is 0 Å². The molecule has 46 heavy (non-hydrogen) atoms. The van der Waals surface area contributed by atoms with Crippen LogP contribution in [0.5, 0.6) is 0 Å². The molecule has 0 aliphatic rings. The molecule has 0 radical (unpaired) electrons. The monoisotopic (exact) mass is 633 g/mol. The quantitative estimate of drug-likeness (QED) is 0.144. The second-order valence-corrected chi connectivity index (χ2v) is 13.3. The van der Waals surface area contributed by atoms with E-state index in [9.17, 15) is 22.7 Å². The first kappa shape index (κ1) is 31.0. The van der Waals surface area contributed by atoms with E-state index in [1.807, 2.05) is 48.5 Å². The number of nitrogens with one attached hydrogen (secondary N) is 1. The number of sulfone groups is 1. The molecule has 0 amide bonds. The van der Waals surface area contributed by atoms with Gasteiger partial charge in [0.15, 0.2) is 9.84 Å². The summed E-state index contributed by atoms with van der Waals surface area (Å²) in [6.45, 7) is -0.0430. The van der Waals surface area contributed by atoms with Gasteiger partial charge in [0.1, 0.15) is 23.2 Å². The summed E-state index contributed by atoms with van der Waals surface area (Å²) in [4.78, 5) is 11.9. The predicted octanol–water partition coefficient (Wildman–Crippen LogP) is 7.56. The molecule has 6 aromatic rings. The first-order valence-electron chi connectivity index (χ1n) is 15.0. The highest BCUT2D eigenvalue weighted by Crippen LogP contribution is 2.37. The first-order valence-corrected chi connectivity index (χ1v) is 16.6. The van der Waals surface area contributed by atoms with Crippen LogP contribution >= 0.6 is 0 Å². The fraction of sp³-hybridized carbons (Fsp3) is 0.132. The highest BCUT2D eigenvalue weighted by molar-refractivity contribution is 7.91. The van der Waals surface area contributed by atoms with E-state index in [0.29, 0.717) is 12.0 Å². The van der Waals surface area contributed by atoms with Gasteiger partial charge in [0, 0.05) is 23.9 Å². The number of fused-ring (bicyclic) bond motifs is 1. The number of para-hydroxylation sites is 1. The van der Waals surface area contributed by atoms with Crippen LogP contribution in [-0.4, -0.2) is 37.8 Å². The molecule has 0 aliphatic heterocycles. The summed E-state index contributed by atoms with van der Waals surface area (Å²) < 4.78 is 45.6. The van der Waals surface area contributed by atoms with Gasteiger partial charge in [0.05, 0.1) is 10.6 Å². The van der Waals surface area contributed by atoms with Crippen molar-refractivity contribution >= 4 is 26.8 Å². The van der Waals surface area contributed by atoms with Crippen molar-refractivity contribution in [2.45, 2.75) is 23.8 Å². The molecule has 1 atom stereocenters. The van der Waals surface area contributed by atoms with E-state index in [2.05, 4.69) is 35.6 Å². The zero-order chi connectivity index (χ0) is 32.1. The number of furan rings is 1. The van der Waals surface area contributed by atoms with Crippen molar-refractivity contribution in [3.63, 3.8) is 0 Å². The summed E-state index contributed by atoms with van der Waals surface area (Å²) in [7, 11) is -3.66. The molecular weight excluding hydrogens is 601 g/mol. The van der Waals surface area contributed by atoms with E-state index in [4.69, 9.17) is 4.42 Å². The van der Waals surface area contributed by atoms with Gasteiger partial charge in [-0.3, -0.25) is 4.79 Å². The Balaban J connectivity index is 1.14. The van der Waals surface area contributed by atoms with Gasteiger partial charge in [0.25, 0.3) is 0 Å². The predicted molar refractivity (Wildman–Crippen MR) is 178 cm³/mol. The maximum atomic E-state index is 13.2. The van der Waals surface area contributed by atoms with Crippen LogP contribution in [-0.2, 0) is 27.5 Å². The van der Waals surface area contributed by atoms with E-state index in [0.717, 1.165) is 44.5 Å². The molecule has 1 aromatic heterocycles. The smallest absolute Gasteiger partial charge is 0.321 e. The third-order valence-electron chi connectivity index (χ3n) is 8.01. The number of benzene rings is 5. The standard InChI is InChI=1S/C38H32FNO5S/c39-31-18-10-27(11-19-31)24-34(38(41)42)40-22-23-46(43,44)32-20-16-29(17-21-32)28-12-14-30(15-13-28)37-33-8-4-5-9-35(33)45-36(37)25-26-6-2-1-3-7-26/h1-21,34,40H,22-25H2,(H,41,42)/t34-/m0/s1. The Morgan fingerprint density at radius 1 is 0.739 bits per heavy atom. The minimum absolute atomic E-state index is 0.0430. The Morgan fingerprint density at radius 2 is 1.35 bits per heavy atom. The second kappa shape index (κ2) is 13.5. The van der Waals surface area contributed by atoms with E-state index < -0.39 is 27.7 Å². The summed E-state index contributed by atoms with van der Waals surface area (Å²) >= 11 is 0. The summed E-state index contributed by atoms with van der Waals surface area (Å²) in [6.07, 6.45) is 0.775. The van der Waals surface area contributed by atoms with Gasteiger partial charge >= 0.3 is 5.97 Å². The van der Waals surface area contributed by atoms with Crippen LogP contribution in [0.3, 0.4) is 0 Å².